The minimum Gasteiger partial charge on any atom is -0.509 e. The Hall–Kier alpha value is -6.63. The van der Waals surface area contributed by atoms with E-state index in [-0.39, 0.29) is 21.1 Å². The van der Waals surface area contributed by atoms with Gasteiger partial charge in [0.25, 0.3) is 0 Å². The third-order valence-corrected chi connectivity index (χ3v) is 10.5. The number of rotatable bonds is 12. The standard InChI is InChI=1S/C50H40N4O4.Pt/c1-33-34(2)49(56-31-36-14-7-5-8-15-36)48(50(35(33)3)57-32-37-16-9-6-10-17-37)38-29-52-53(30-38)39-18-13-19-41(26-39)58-42-22-23-44-43-20-11-12-21-45(43)54(46(44)27-42)47-28-40(55-4)24-25-51-47;/h5-25,28-30H,31-32H2,1-4H3;/q-2;+2. The van der Waals surface area contributed by atoms with Crippen molar-refractivity contribution in [2.75, 3.05) is 7.11 Å². The molecule has 0 aliphatic rings. The summed E-state index contributed by atoms with van der Waals surface area (Å²) < 4.78 is 29.2. The minimum absolute atomic E-state index is 0. The average Bonchev–Trinajstić information content (AvgIpc) is 3.89. The Labute approximate surface area is 357 Å². The molecular formula is C50H40N4O4Pt. The second-order valence-electron chi connectivity index (χ2n) is 14.1. The van der Waals surface area contributed by atoms with Crippen molar-refractivity contribution in [3.05, 3.63) is 186 Å². The summed E-state index contributed by atoms with van der Waals surface area (Å²) in [5.41, 5.74) is 9.66. The van der Waals surface area contributed by atoms with E-state index in [1.54, 1.807) is 18.0 Å². The Bertz CT molecular complexity index is 2840. The molecule has 59 heavy (non-hydrogen) atoms. The number of nitrogens with zero attached hydrogens (tertiary/aromatic N) is 4. The van der Waals surface area contributed by atoms with Gasteiger partial charge in [0.2, 0.25) is 0 Å². The predicted octanol–water partition coefficient (Wildman–Crippen LogP) is 11.5. The van der Waals surface area contributed by atoms with Crippen molar-refractivity contribution in [1.82, 2.24) is 19.3 Å². The van der Waals surface area contributed by atoms with Crippen LogP contribution in [0.5, 0.6) is 28.7 Å². The molecule has 0 aliphatic heterocycles. The number of para-hydroxylation sites is 1. The van der Waals surface area contributed by atoms with E-state index in [1.165, 1.54) is 0 Å². The van der Waals surface area contributed by atoms with E-state index in [1.807, 2.05) is 97.3 Å². The van der Waals surface area contributed by atoms with Crippen LogP contribution in [0.1, 0.15) is 27.8 Å². The summed E-state index contributed by atoms with van der Waals surface area (Å²) in [7, 11) is 1.65. The fourth-order valence-electron chi connectivity index (χ4n) is 7.33. The number of ether oxygens (including phenoxy) is 4. The molecule has 0 spiro atoms. The molecule has 0 fully saturated rings. The monoisotopic (exact) mass is 955 g/mol. The Morgan fingerprint density at radius 2 is 1.31 bits per heavy atom. The molecule has 0 atom stereocenters. The summed E-state index contributed by atoms with van der Waals surface area (Å²) in [6.07, 6.45) is 5.58. The van der Waals surface area contributed by atoms with Crippen molar-refractivity contribution < 1.29 is 40.0 Å². The fraction of sp³-hybridized carbons (Fsp3) is 0.120. The minimum atomic E-state index is 0. The Balaban J connectivity index is 0.00000484. The number of fused-ring (bicyclic) bond motifs is 3. The first-order valence-corrected chi connectivity index (χ1v) is 19.1. The van der Waals surface area contributed by atoms with Crippen LogP contribution in [0, 0.1) is 32.9 Å². The maximum atomic E-state index is 6.68. The molecule has 0 saturated heterocycles. The van der Waals surface area contributed by atoms with Crippen molar-refractivity contribution in [3.63, 3.8) is 0 Å². The van der Waals surface area contributed by atoms with Crippen LogP contribution in [0.3, 0.4) is 0 Å². The van der Waals surface area contributed by atoms with Crippen LogP contribution in [0.2, 0.25) is 0 Å². The number of pyridine rings is 1. The topological polar surface area (TPSA) is 72.6 Å². The molecule has 294 valence electrons. The zero-order chi connectivity index (χ0) is 39.6. The van der Waals surface area contributed by atoms with Crippen LogP contribution < -0.4 is 18.9 Å². The SMILES string of the molecule is COc1ccnc(-n2c3[c-]c(Oc4[c-]c(-n5cc(-c6c(OCc7ccccc7)c(C)c(C)c(C)c6OCc6ccccc6)cn5)ccc4)ccc3c3ccccc32)c1.[Pt+2]. The summed E-state index contributed by atoms with van der Waals surface area (Å²) in [5.74, 6) is 4.04. The zero-order valence-corrected chi connectivity index (χ0v) is 35.3. The molecule has 0 unspecified atom stereocenters. The van der Waals surface area contributed by atoms with Gasteiger partial charge in [0, 0.05) is 41.0 Å². The summed E-state index contributed by atoms with van der Waals surface area (Å²) >= 11 is 0. The molecule has 9 heteroatoms. The second-order valence-corrected chi connectivity index (χ2v) is 14.1. The molecule has 8 nitrogen and oxygen atoms in total. The van der Waals surface area contributed by atoms with Crippen molar-refractivity contribution in [2.24, 2.45) is 0 Å². The molecule has 0 aliphatic carbocycles. The van der Waals surface area contributed by atoms with Gasteiger partial charge in [-0.15, -0.1) is 35.7 Å². The average molecular weight is 956 g/mol. The number of methoxy groups -OCH3 is 1. The van der Waals surface area contributed by atoms with E-state index in [2.05, 4.69) is 84.9 Å². The van der Waals surface area contributed by atoms with Crippen LogP contribution >= 0.6 is 0 Å². The van der Waals surface area contributed by atoms with E-state index in [4.69, 9.17) is 24.0 Å². The smallest absolute Gasteiger partial charge is 0.509 e. The first kappa shape index (κ1) is 39.2. The summed E-state index contributed by atoms with van der Waals surface area (Å²) in [5, 5.41) is 6.96. The molecule has 0 radical (unpaired) electrons. The van der Waals surface area contributed by atoms with E-state index >= 15 is 0 Å². The van der Waals surface area contributed by atoms with Crippen LogP contribution in [-0.4, -0.2) is 26.4 Å². The van der Waals surface area contributed by atoms with Gasteiger partial charge < -0.3 is 23.5 Å². The van der Waals surface area contributed by atoms with Crippen LogP contribution in [-0.2, 0) is 34.3 Å². The molecule has 3 heterocycles. The van der Waals surface area contributed by atoms with Gasteiger partial charge >= 0.3 is 21.1 Å². The van der Waals surface area contributed by atoms with Gasteiger partial charge in [-0.3, -0.25) is 4.68 Å². The largest absolute Gasteiger partial charge is 2.00 e. The fourth-order valence-corrected chi connectivity index (χ4v) is 7.33. The third kappa shape index (κ3) is 7.84. The van der Waals surface area contributed by atoms with E-state index in [9.17, 15) is 0 Å². The Morgan fingerprint density at radius 1 is 0.644 bits per heavy atom. The Morgan fingerprint density at radius 3 is 2.00 bits per heavy atom. The second kappa shape index (κ2) is 17.1. The van der Waals surface area contributed by atoms with E-state index < -0.39 is 0 Å². The maximum Gasteiger partial charge on any atom is 2.00 e. The van der Waals surface area contributed by atoms with Crippen molar-refractivity contribution >= 4 is 21.8 Å². The van der Waals surface area contributed by atoms with Crippen molar-refractivity contribution in [1.29, 1.82) is 0 Å². The number of hydrogen-bond acceptors (Lipinski definition) is 6. The number of benzene rings is 6. The van der Waals surface area contributed by atoms with Gasteiger partial charge in [-0.05, 0) is 71.8 Å². The van der Waals surface area contributed by atoms with Crippen molar-refractivity contribution in [3.8, 4) is 51.4 Å². The van der Waals surface area contributed by atoms with E-state index in [0.717, 1.165) is 83.8 Å². The molecule has 3 aromatic heterocycles. The Kier molecular flexibility index (Phi) is 11.3. The van der Waals surface area contributed by atoms with Gasteiger partial charge in [-0.2, -0.15) is 17.2 Å². The number of aromatic nitrogens is 4. The molecule has 0 N–H and O–H groups in total. The molecule has 0 saturated carbocycles. The first-order chi connectivity index (χ1) is 28.4. The van der Waals surface area contributed by atoms with E-state index in [0.29, 0.717) is 30.4 Å². The zero-order valence-electron chi connectivity index (χ0n) is 33.0. The van der Waals surface area contributed by atoms with Gasteiger partial charge in [0.05, 0.1) is 18.9 Å². The molecule has 6 aromatic carbocycles. The normalized spacial score (nSPS) is 11.1. The van der Waals surface area contributed by atoms with Gasteiger partial charge in [0.1, 0.15) is 36.3 Å². The van der Waals surface area contributed by atoms with Crippen molar-refractivity contribution in [2.45, 2.75) is 34.0 Å². The summed E-state index contributed by atoms with van der Waals surface area (Å²) in [4.78, 5) is 4.68. The van der Waals surface area contributed by atoms with Gasteiger partial charge in [-0.25, -0.2) is 4.98 Å². The number of hydrogen-bond donors (Lipinski definition) is 0. The quantitative estimate of drug-likeness (QED) is 0.114. The van der Waals surface area contributed by atoms with Crippen LogP contribution in [0.15, 0.2) is 146 Å². The van der Waals surface area contributed by atoms with Crippen LogP contribution in [0.4, 0.5) is 0 Å². The van der Waals surface area contributed by atoms with Crippen LogP contribution in [0.25, 0.3) is 44.4 Å². The third-order valence-electron chi connectivity index (χ3n) is 10.5. The van der Waals surface area contributed by atoms with Gasteiger partial charge in [-0.1, -0.05) is 84.4 Å². The molecule has 9 rings (SSSR count). The molecule has 0 amide bonds. The van der Waals surface area contributed by atoms with Gasteiger partial charge in [0.15, 0.2) is 0 Å². The predicted molar refractivity (Wildman–Crippen MR) is 228 cm³/mol. The summed E-state index contributed by atoms with van der Waals surface area (Å²) in [6.45, 7) is 7.15. The first-order valence-electron chi connectivity index (χ1n) is 19.1. The molecular weight excluding hydrogens is 916 g/mol. The maximum absolute atomic E-state index is 6.68. The summed E-state index contributed by atoms with van der Waals surface area (Å²) in [6, 6.07) is 49.1. The molecule has 9 aromatic rings. The molecule has 0 bridgehead atoms.